The lowest BCUT2D eigenvalue weighted by Crippen LogP contribution is -2.24. The molecule has 1 aromatic carbocycles. The van der Waals surface area contributed by atoms with Crippen LogP contribution in [0.25, 0.3) is 0 Å². The number of aliphatic hydroxyl groups excluding tert-OH is 1. The third kappa shape index (κ3) is 5.33. The average Bonchev–Trinajstić information content (AvgIpc) is 2.34. The fourth-order valence-electron chi connectivity index (χ4n) is 1.45. The molecule has 0 aliphatic carbocycles. The molecule has 0 radical (unpaired) electrons. The Balaban J connectivity index is 2.28. The Hall–Kier alpha value is -0.870. The number of nitrogens with one attached hydrogen (secondary N) is 1. The van der Waals surface area contributed by atoms with E-state index in [9.17, 15) is 4.79 Å². The zero-order chi connectivity index (χ0) is 12.7. The normalized spacial score (nSPS) is 12.2. The monoisotopic (exact) mass is 299 g/mol. The molecule has 0 bridgehead atoms. The van der Waals surface area contributed by atoms with Gasteiger partial charge >= 0.3 is 0 Å². The van der Waals surface area contributed by atoms with Crippen molar-refractivity contribution in [2.24, 2.45) is 5.92 Å². The minimum absolute atomic E-state index is 0.0471. The highest BCUT2D eigenvalue weighted by atomic mass is 79.9. The Morgan fingerprint density at radius 3 is 2.65 bits per heavy atom. The van der Waals surface area contributed by atoms with Crippen LogP contribution < -0.4 is 5.32 Å². The van der Waals surface area contributed by atoms with Crippen molar-refractivity contribution in [1.29, 1.82) is 0 Å². The maximum atomic E-state index is 11.7. The van der Waals surface area contributed by atoms with Crippen LogP contribution in [0.1, 0.15) is 30.1 Å². The predicted octanol–water partition coefficient (Wildman–Crippen LogP) is 2.59. The van der Waals surface area contributed by atoms with Crippen LogP contribution in [0, 0.1) is 5.92 Å². The molecule has 0 spiro atoms. The van der Waals surface area contributed by atoms with Gasteiger partial charge in [-0.1, -0.05) is 22.9 Å². The third-order valence-electron chi connectivity index (χ3n) is 2.58. The summed E-state index contributed by atoms with van der Waals surface area (Å²) in [6, 6.07) is 7.27. The summed E-state index contributed by atoms with van der Waals surface area (Å²) in [5.41, 5.74) is 0.670. The summed E-state index contributed by atoms with van der Waals surface area (Å²) in [6.45, 7) is 2.86. The molecule has 1 amide bonds. The Kier molecular flexibility index (Phi) is 6.22. The van der Waals surface area contributed by atoms with Gasteiger partial charge in [-0.15, -0.1) is 0 Å². The summed E-state index contributed by atoms with van der Waals surface area (Å²) in [6.07, 6.45) is 1.82. The van der Waals surface area contributed by atoms with Gasteiger partial charge in [-0.2, -0.15) is 0 Å². The molecule has 1 atom stereocenters. The molecule has 0 aromatic heterocycles. The van der Waals surface area contributed by atoms with Crippen LogP contribution in [0.3, 0.4) is 0 Å². The molecule has 17 heavy (non-hydrogen) atoms. The van der Waals surface area contributed by atoms with Gasteiger partial charge in [-0.3, -0.25) is 4.79 Å². The van der Waals surface area contributed by atoms with Gasteiger partial charge in [-0.05, 0) is 43.0 Å². The molecule has 0 aliphatic rings. The van der Waals surface area contributed by atoms with Gasteiger partial charge in [0, 0.05) is 23.2 Å². The second-order valence-electron chi connectivity index (χ2n) is 4.19. The van der Waals surface area contributed by atoms with E-state index in [0.717, 1.165) is 17.3 Å². The largest absolute Gasteiger partial charge is 0.396 e. The van der Waals surface area contributed by atoms with Crippen molar-refractivity contribution in [3.05, 3.63) is 34.3 Å². The van der Waals surface area contributed by atoms with Crippen LogP contribution in [-0.4, -0.2) is 24.2 Å². The van der Waals surface area contributed by atoms with Gasteiger partial charge in [0.25, 0.3) is 5.91 Å². The van der Waals surface area contributed by atoms with Crippen molar-refractivity contribution in [3.8, 4) is 0 Å². The summed E-state index contributed by atoms with van der Waals surface area (Å²) in [4.78, 5) is 11.7. The van der Waals surface area contributed by atoms with E-state index < -0.39 is 0 Å². The summed E-state index contributed by atoms with van der Waals surface area (Å²) in [5, 5.41) is 11.7. The van der Waals surface area contributed by atoms with Crippen LogP contribution in [0.15, 0.2) is 28.7 Å². The number of benzene rings is 1. The van der Waals surface area contributed by atoms with Gasteiger partial charge in [0.1, 0.15) is 0 Å². The number of halogens is 1. The lowest BCUT2D eigenvalue weighted by Gasteiger charge is -2.08. The first-order valence-electron chi connectivity index (χ1n) is 5.78. The molecule has 4 heteroatoms. The SMILES string of the molecule is CC(CO)CCCNC(=O)c1ccc(Br)cc1. The highest BCUT2D eigenvalue weighted by Gasteiger charge is 2.04. The fourth-order valence-corrected chi connectivity index (χ4v) is 1.71. The molecule has 1 rings (SSSR count). The van der Waals surface area contributed by atoms with Crippen LogP contribution in [0.5, 0.6) is 0 Å². The summed E-state index contributed by atoms with van der Waals surface area (Å²) >= 11 is 3.33. The second kappa shape index (κ2) is 7.45. The van der Waals surface area contributed by atoms with Crippen LogP contribution >= 0.6 is 15.9 Å². The highest BCUT2D eigenvalue weighted by molar-refractivity contribution is 9.10. The molecule has 94 valence electrons. The number of hydrogen-bond acceptors (Lipinski definition) is 2. The van der Waals surface area contributed by atoms with Crippen molar-refractivity contribution in [2.45, 2.75) is 19.8 Å². The summed E-state index contributed by atoms with van der Waals surface area (Å²) < 4.78 is 0.964. The van der Waals surface area contributed by atoms with Gasteiger partial charge in [0.05, 0.1) is 0 Å². The molecule has 0 heterocycles. The number of carbonyl (C=O) groups is 1. The minimum Gasteiger partial charge on any atom is -0.396 e. The maximum absolute atomic E-state index is 11.7. The average molecular weight is 300 g/mol. The van der Waals surface area contributed by atoms with Crippen molar-refractivity contribution in [3.63, 3.8) is 0 Å². The summed E-state index contributed by atoms with van der Waals surface area (Å²) in [5.74, 6) is 0.258. The van der Waals surface area contributed by atoms with Crippen molar-refractivity contribution in [1.82, 2.24) is 5.32 Å². The number of carbonyl (C=O) groups excluding carboxylic acids is 1. The first kappa shape index (κ1) is 14.2. The molecule has 2 N–H and O–H groups in total. The van der Waals surface area contributed by atoms with Crippen LogP contribution in [0.2, 0.25) is 0 Å². The molecular formula is C13H18BrNO2. The number of rotatable bonds is 6. The second-order valence-corrected chi connectivity index (χ2v) is 5.11. The van der Waals surface area contributed by atoms with E-state index in [4.69, 9.17) is 5.11 Å². The van der Waals surface area contributed by atoms with E-state index >= 15 is 0 Å². The van der Waals surface area contributed by atoms with Crippen molar-refractivity contribution in [2.75, 3.05) is 13.2 Å². The quantitative estimate of drug-likeness (QED) is 0.793. The molecule has 0 saturated carbocycles. The molecule has 0 saturated heterocycles. The number of hydrogen-bond donors (Lipinski definition) is 2. The predicted molar refractivity (Wildman–Crippen MR) is 72.0 cm³/mol. The van der Waals surface area contributed by atoms with E-state index in [1.165, 1.54) is 0 Å². The van der Waals surface area contributed by atoms with E-state index in [1.807, 2.05) is 19.1 Å². The maximum Gasteiger partial charge on any atom is 0.251 e. The third-order valence-corrected chi connectivity index (χ3v) is 3.11. The highest BCUT2D eigenvalue weighted by Crippen LogP contribution is 2.10. The van der Waals surface area contributed by atoms with E-state index in [2.05, 4.69) is 21.2 Å². The van der Waals surface area contributed by atoms with Gasteiger partial charge in [0.15, 0.2) is 0 Å². The minimum atomic E-state index is -0.0471. The molecule has 0 fully saturated rings. The zero-order valence-corrected chi connectivity index (χ0v) is 11.5. The van der Waals surface area contributed by atoms with Crippen LogP contribution in [0.4, 0.5) is 0 Å². The lowest BCUT2D eigenvalue weighted by molar-refractivity contribution is 0.0952. The van der Waals surface area contributed by atoms with Gasteiger partial charge in [0.2, 0.25) is 0 Å². The van der Waals surface area contributed by atoms with E-state index in [1.54, 1.807) is 12.1 Å². The van der Waals surface area contributed by atoms with Crippen LogP contribution in [-0.2, 0) is 0 Å². The molecular weight excluding hydrogens is 282 g/mol. The number of aliphatic hydroxyl groups is 1. The van der Waals surface area contributed by atoms with Crippen molar-refractivity contribution < 1.29 is 9.90 Å². The Morgan fingerprint density at radius 2 is 2.06 bits per heavy atom. The van der Waals surface area contributed by atoms with Gasteiger partial charge < -0.3 is 10.4 Å². The molecule has 1 aromatic rings. The summed E-state index contributed by atoms with van der Waals surface area (Å²) in [7, 11) is 0. The number of amides is 1. The fraction of sp³-hybridized carbons (Fsp3) is 0.462. The Bertz CT molecular complexity index is 351. The lowest BCUT2D eigenvalue weighted by atomic mass is 10.1. The zero-order valence-electron chi connectivity index (χ0n) is 9.95. The van der Waals surface area contributed by atoms with E-state index in [-0.39, 0.29) is 12.5 Å². The Morgan fingerprint density at radius 1 is 1.41 bits per heavy atom. The van der Waals surface area contributed by atoms with E-state index in [0.29, 0.717) is 18.0 Å². The molecule has 3 nitrogen and oxygen atoms in total. The topological polar surface area (TPSA) is 49.3 Å². The first-order valence-corrected chi connectivity index (χ1v) is 6.57. The molecule has 0 aliphatic heterocycles. The Labute approximate surface area is 110 Å². The first-order chi connectivity index (χ1) is 8.13. The smallest absolute Gasteiger partial charge is 0.251 e. The standard InChI is InChI=1S/C13H18BrNO2/c1-10(9-16)3-2-8-15-13(17)11-4-6-12(14)7-5-11/h4-7,10,16H,2-3,8-9H2,1H3,(H,15,17). The molecule has 1 unspecified atom stereocenters. The van der Waals surface area contributed by atoms with Crippen molar-refractivity contribution >= 4 is 21.8 Å². The van der Waals surface area contributed by atoms with Gasteiger partial charge in [-0.25, -0.2) is 0 Å².